The summed E-state index contributed by atoms with van der Waals surface area (Å²) in [7, 11) is 2.06. The van der Waals surface area contributed by atoms with Gasteiger partial charge in [-0.05, 0) is 45.7 Å². The Bertz CT molecular complexity index is 242. The van der Waals surface area contributed by atoms with Crippen molar-refractivity contribution in [2.45, 2.75) is 32.2 Å². The number of hydrogen-bond donors (Lipinski definition) is 1. The third-order valence-electron chi connectivity index (χ3n) is 3.24. The highest BCUT2D eigenvalue weighted by Crippen LogP contribution is 2.14. The van der Waals surface area contributed by atoms with E-state index in [9.17, 15) is 4.79 Å². The molecule has 1 heterocycles. The third kappa shape index (κ3) is 5.80. The Labute approximate surface area is 110 Å². The molecule has 0 aromatic heterocycles. The topological polar surface area (TPSA) is 64.8 Å². The fraction of sp³-hybridized carbons (Fsp3) is 0.923. The Morgan fingerprint density at radius 3 is 3.00 bits per heavy atom. The number of esters is 1. The Balaban J connectivity index is 2.15. The van der Waals surface area contributed by atoms with E-state index in [2.05, 4.69) is 11.9 Å². The maximum atomic E-state index is 11.4. The summed E-state index contributed by atoms with van der Waals surface area (Å²) in [4.78, 5) is 13.6. The smallest absolute Gasteiger partial charge is 0.322 e. The van der Waals surface area contributed by atoms with E-state index >= 15 is 0 Å². The second-order valence-corrected chi connectivity index (χ2v) is 4.99. The van der Waals surface area contributed by atoms with Crippen molar-refractivity contribution in [3.05, 3.63) is 0 Å². The first-order valence-electron chi connectivity index (χ1n) is 6.82. The van der Waals surface area contributed by atoms with Crippen molar-refractivity contribution in [1.82, 2.24) is 4.90 Å². The van der Waals surface area contributed by atoms with Gasteiger partial charge in [0.2, 0.25) is 0 Å². The van der Waals surface area contributed by atoms with E-state index in [1.165, 1.54) is 6.42 Å². The fourth-order valence-electron chi connectivity index (χ4n) is 2.21. The van der Waals surface area contributed by atoms with Gasteiger partial charge in [0.25, 0.3) is 0 Å². The third-order valence-corrected chi connectivity index (χ3v) is 3.24. The summed E-state index contributed by atoms with van der Waals surface area (Å²) in [6, 6.07) is -0.505. The molecule has 18 heavy (non-hydrogen) atoms. The van der Waals surface area contributed by atoms with Gasteiger partial charge in [0.1, 0.15) is 6.04 Å². The predicted octanol–water partition coefficient (Wildman–Crippen LogP) is 0.625. The molecule has 0 bridgehead atoms. The van der Waals surface area contributed by atoms with E-state index in [1.54, 1.807) is 6.92 Å². The van der Waals surface area contributed by atoms with Crippen molar-refractivity contribution in [3.63, 3.8) is 0 Å². The van der Waals surface area contributed by atoms with Crippen LogP contribution in [0.4, 0.5) is 0 Å². The van der Waals surface area contributed by atoms with Gasteiger partial charge >= 0.3 is 5.97 Å². The molecule has 0 spiro atoms. The van der Waals surface area contributed by atoms with Gasteiger partial charge in [-0.15, -0.1) is 0 Å². The highest BCUT2D eigenvalue weighted by atomic mass is 16.5. The fourth-order valence-corrected chi connectivity index (χ4v) is 2.21. The number of rotatable bonds is 7. The molecule has 0 aliphatic carbocycles. The lowest BCUT2D eigenvalue weighted by atomic mass is 10.0. The van der Waals surface area contributed by atoms with Crippen LogP contribution in [0, 0.1) is 5.92 Å². The average molecular weight is 258 g/mol. The first kappa shape index (κ1) is 15.4. The Morgan fingerprint density at radius 1 is 1.61 bits per heavy atom. The van der Waals surface area contributed by atoms with Crippen LogP contribution in [-0.2, 0) is 14.3 Å². The normalized spacial score (nSPS) is 21.9. The quantitative estimate of drug-likeness (QED) is 0.678. The van der Waals surface area contributed by atoms with Crippen molar-refractivity contribution < 1.29 is 14.3 Å². The zero-order valence-electron chi connectivity index (χ0n) is 11.6. The van der Waals surface area contributed by atoms with Crippen molar-refractivity contribution >= 4 is 5.97 Å². The number of carbonyl (C=O) groups excluding carboxylic acids is 1. The highest BCUT2D eigenvalue weighted by Gasteiger charge is 2.18. The molecule has 1 fully saturated rings. The molecule has 0 saturated carbocycles. The van der Waals surface area contributed by atoms with E-state index in [4.69, 9.17) is 15.2 Å². The SMILES string of the molecule is CCOC(=O)C(N)CCN(C)CC1CCCOC1. The predicted molar refractivity (Wildman–Crippen MR) is 70.3 cm³/mol. The van der Waals surface area contributed by atoms with E-state index in [0.717, 1.165) is 32.7 Å². The lowest BCUT2D eigenvalue weighted by molar-refractivity contribution is -0.144. The minimum Gasteiger partial charge on any atom is -0.465 e. The first-order valence-corrected chi connectivity index (χ1v) is 6.82. The molecular formula is C13H26N2O3. The Kier molecular flexibility index (Phi) is 7.23. The molecule has 5 nitrogen and oxygen atoms in total. The molecule has 106 valence electrons. The Hall–Kier alpha value is -0.650. The van der Waals surface area contributed by atoms with Crippen LogP contribution in [0.1, 0.15) is 26.2 Å². The molecule has 0 aromatic carbocycles. The monoisotopic (exact) mass is 258 g/mol. The highest BCUT2D eigenvalue weighted by molar-refractivity contribution is 5.75. The number of ether oxygens (including phenoxy) is 2. The van der Waals surface area contributed by atoms with Gasteiger partial charge in [-0.3, -0.25) is 4.79 Å². The van der Waals surface area contributed by atoms with Crippen molar-refractivity contribution in [1.29, 1.82) is 0 Å². The van der Waals surface area contributed by atoms with E-state index in [0.29, 0.717) is 18.9 Å². The van der Waals surface area contributed by atoms with E-state index in [1.807, 2.05) is 0 Å². The van der Waals surface area contributed by atoms with Crippen molar-refractivity contribution in [2.75, 3.05) is 40.0 Å². The lowest BCUT2D eigenvalue weighted by Gasteiger charge is -2.27. The van der Waals surface area contributed by atoms with Crippen LogP contribution >= 0.6 is 0 Å². The number of nitrogens with two attached hydrogens (primary N) is 1. The van der Waals surface area contributed by atoms with Gasteiger partial charge in [-0.1, -0.05) is 0 Å². The second-order valence-electron chi connectivity index (χ2n) is 4.99. The molecular weight excluding hydrogens is 232 g/mol. The molecule has 1 aliphatic rings. The van der Waals surface area contributed by atoms with E-state index in [-0.39, 0.29) is 5.97 Å². The van der Waals surface area contributed by atoms with Crippen LogP contribution in [-0.4, -0.2) is 56.9 Å². The zero-order chi connectivity index (χ0) is 13.4. The van der Waals surface area contributed by atoms with Crippen molar-refractivity contribution in [2.24, 2.45) is 11.7 Å². The summed E-state index contributed by atoms with van der Waals surface area (Å²) >= 11 is 0. The number of hydrogen-bond acceptors (Lipinski definition) is 5. The summed E-state index contributed by atoms with van der Waals surface area (Å²) < 4.78 is 10.3. The molecule has 1 aliphatic heterocycles. The van der Waals surface area contributed by atoms with Crippen LogP contribution < -0.4 is 5.73 Å². The summed E-state index contributed by atoms with van der Waals surface area (Å²) in [6.45, 7) is 5.76. The molecule has 1 saturated heterocycles. The summed E-state index contributed by atoms with van der Waals surface area (Å²) in [6.07, 6.45) is 3.03. The zero-order valence-corrected chi connectivity index (χ0v) is 11.6. The van der Waals surface area contributed by atoms with Gasteiger partial charge in [-0.25, -0.2) is 0 Å². The number of carbonyl (C=O) groups is 1. The minimum absolute atomic E-state index is 0.299. The van der Waals surface area contributed by atoms with Crippen LogP contribution in [0.2, 0.25) is 0 Å². The average Bonchev–Trinajstić information content (AvgIpc) is 2.37. The lowest BCUT2D eigenvalue weighted by Crippen LogP contribution is -2.38. The van der Waals surface area contributed by atoms with E-state index < -0.39 is 6.04 Å². The van der Waals surface area contributed by atoms with Gasteiger partial charge in [0, 0.05) is 13.2 Å². The maximum absolute atomic E-state index is 11.4. The Morgan fingerprint density at radius 2 is 2.39 bits per heavy atom. The van der Waals surface area contributed by atoms with Gasteiger partial charge in [-0.2, -0.15) is 0 Å². The van der Waals surface area contributed by atoms with Crippen LogP contribution in [0.3, 0.4) is 0 Å². The summed E-state index contributed by atoms with van der Waals surface area (Å²) in [5.41, 5.74) is 5.76. The first-order chi connectivity index (χ1) is 8.63. The standard InChI is InChI=1S/C13H26N2O3/c1-3-18-13(16)12(14)6-7-15(2)9-11-5-4-8-17-10-11/h11-12H,3-10,14H2,1-2H3. The molecule has 5 heteroatoms. The van der Waals surface area contributed by atoms with Gasteiger partial charge in [0.15, 0.2) is 0 Å². The number of nitrogens with zero attached hydrogens (tertiary/aromatic N) is 1. The molecule has 2 N–H and O–H groups in total. The van der Waals surface area contributed by atoms with Gasteiger partial charge in [0.05, 0.1) is 13.2 Å². The van der Waals surface area contributed by atoms with Crippen LogP contribution in [0.5, 0.6) is 0 Å². The molecule has 0 amide bonds. The van der Waals surface area contributed by atoms with Crippen LogP contribution in [0.25, 0.3) is 0 Å². The molecule has 2 atom stereocenters. The maximum Gasteiger partial charge on any atom is 0.322 e. The largest absolute Gasteiger partial charge is 0.465 e. The van der Waals surface area contributed by atoms with Crippen molar-refractivity contribution in [3.8, 4) is 0 Å². The minimum atomic E-state index is -0.505. The molecule has 0 radical (unpaired) electrons. The van der Waals surface area contributed by atoms with Gasteiger partial charge < -0.3 is 20.1 Å². The molecule has 2 unspecified atom stereocenters. The second kappa shape index (κ2) is 8.45. The summed E-state index contributed by atoms with van der Waals surface area (Å²) in [5, 5.41) is 0. The van der Waals surface area contributed by atoms with Crippen LogP contribution in [0.15, 0.2) is 0 Å². The summed E-state index contributed by atoms with van der Waals surface area (Å²) in [5.74, 6) is 0.314. The molecule has 0 aromatic rings. The molecule has 1 rings (SSSR count).